The van der Waals surface area contributed by atoms with Crippen molar-refractivity contribution in [2.24, 2.45) is 0 Å². The van der Waals surface area contributed by atoms with Crippen molar-refractivity contribution in [1.82, 2.24) is 30.0 Å². The third-order valence-corrected chi connectivity index (χ3v) is 4.53. The molecule has 0 saturated carbocycles. The molecule has 146 valence electrons. The largest absolute Gasteiger partial charge is 0.376 e. The molecule has 28 heavy (non-hydrogen) atoms. The van der Waals surface area contributed by atoms with E-state index in [9.17, 15) is 4.79 Å². The number of imidazole rings is 1. The lowest BCUT2D eigenvalue weighted by Gasteiger charge is -2.09. The van der Waals surface area contributed by atoms with Crippen LogP contribution in [0, 0.1) is 0 Å². The monoisotopic (exact) mass is 382 g/mol. The van der Waals surface area contributed by atoms with Crippen molar-refractivity contribution in [3.63, 3.8) is 0 Å². The molecule has 1 amide bonds. The molecule has 0 spiro atoms. The summed E-state index contributed by atoms with van der Waals surface area (Å²) in [6.07, 6.45) is 8.69. The summed E-state index contributed by atoms with van der Waals surface area (Å²) >= 11 is 0. The molecule has 0 aliphatic carbocycles. The number of hydrogen-bond acceptors (Lipinski definition) is 7. The lowest BCUT2D eigenvalue weighted by atomic mass is 10.2. The van der Waals surface area contributed by atoms with E-state index in [1.165, 1.54) is 0 Å². The predicted octanol–water partition coefficient (Wildman–Crippen LogP) is 2.18. The van der Waals surface area contributed by atoms with Crippen molar-refractivity contribution < 1.29 is 14.1 Å². The van der Waals surface area contributed by atoms with E-state index < -0.39 is 0 Å². The Balaban J connectivity index is 1.46. The van der Waals surface area contributed by atoms with Crippen molar-refractivity contribution in [2.45, 2.75) is 38.7 Å². The zero-order valence-electron chi connectivity index (χ0n) is 15.7. The van der Waals surface area contributed by atoms with Crippen LogP contribution in [0.3, 0.4) is 0 Å². The van der Waals surface area contributed by atoms with Crippen LogP contribution in [0.4, 0.5) is 0 Å². The van der Waals surface area contributed by atoms with Gasteiger partial charge in [0.25, 0.3) is 11.8 Å². The van der Waals surface area contributed by atoms with Crippen LogP contribution in [0.15, 0.2) is 35.4 Å². The fourth-order valence-corrected chi connectivity index (χ4v) is 3.06. The Morgan fingerprint density at radius 2 is 2.32 bits per heavy atom. The maximum Gasteiger partial charge on any atom is 0.271 e. The van der Waals surface area contributed by atoms with E-state index in [1.54, 1.807) is 29.4 Å². The van der Waals surface area contributed by atoms with Crippen molar-refractivity contribution in [3.8, 4) is 17.3 Å². The quantitative estimate of drug-likeness (QED) is 0.667. The molecule has 0 aromatic carbocycles. The average Bonchev–Trinajstić information content (AvgIpc) is 3.48. The smallest absolute Gasteiger partial charge is 0.271 e. The standard InChI is InChI=1S/C19H22N6O3/c1-2-4-16-23-19(28-24-16)13-6-7-20-17(9-13)25-11-15(22-12-25)18(26)21-10-14-5-3-8-27-14/h6-7,9,11-12,14H,2-5,8,10H2,1H3,(H,21,26)/t14-/m0/s1. The SMILES string of the molecule is CCCc1noc(-c2ccnc(-n3cnc(C(=O)NC[C@@H]4CCCO4)c3)c2)n1. The van der Waals surface area contributed by atoms with E-state index in [4.69, 9.17) is 9.26 Å². The van der Waals surface area contributed by atoms with Gasteiger partial charge in [-0.3, -0.25) is 9.36 Å². The topological polar surface area (TPSA) is 108 Å². The van der Waals surface area contributed by atoms with Crippen LogP contribution in [0.1, 0.15) is 42.5 Å². The summed E-state index contributed by atoms with van der Waals surface area (Å²) < 4.78 is 12.5. The normalized spacial score (nSPS) is 16.4. The third kappa shape index (κ3) is 4.09. The Morgan fingerprint density at radius 3 is 3.14 bits per heavy atom. The number of amides is 1. The van der Waals surface area contributed by atoms with Crippen molar-refractivity contribution in [2.75, 3.05) is 13.2 Å². The molecule has 9 nitrogen and oxygen atoms in total. The van der Waals surface area contributed by atoms with Gasteiger partial charge in [0.15, 0.2) is 5.82 Å². The van der Waals surface area contributed by atoms with Crippen LogP contribution >= 0.6 is 0 Å². The molecule has 0 unspecified atom stereocenters. The maximum atomic E-state index is 12.3. The highest BCUT2D eigenvalue weighted by atomic mass is 16.5. The highest BCUT2D eigenvalue weighted by Gasteiger charge is 2.18. The number of carbonyl (C=O) groups is 1. The molecule has 9 heteroatoms. The zero-order valence-corrected chi connectivity index (χ0v) is 15.7. The van der Waals surface area contributed by atoms with Crippen molar-refractivity contribution >= 4 is 5.91 Å². The average molecular weight is 382 g/mol. The lowest BCUT2D eigenvalue weighted by molar-refractivity contribution is 0.0854. The minimum atomic E-state index is -0.230. The van der Waals surface area contributed by atoms with Crippen LogP contribution in [0.5, 0.6) is 0 Å². The fourth-order valence-electron chi connectivity index (χ4n) is 3.06. The summed E-state index contributed by atoms with van der Waals surface area (Å²) in [4.78, 5) is 25.2. The first-order valence-electron chi connectivity index (χ1n) is 9.46. The van der Waals surface area contributed by atoms with Gasteiger partial charge in [-0.15, -0.1) is 0 Å². The number of nitrogens with zero attached hydrogens (tertiary/aromatic N) is 5. The first-order valence-corrected chi connectivity index (χ1v) is 9.46. The number of ether oxygens (including phenoxy) is 1. The van der Waals surface area contributed by atoms with Gasteiger partial charge in [0.05, 0.1) is 6.10 Å². The second-order valence-corrected chi connectivity index (χ2v) is 6.68. The summed E-state index contributed by atoms with van der Waals surface area (Å²) in [6, 6.07) is 3.62. The van der Waals surface area contributed by atoms with E-state index >= 15 is 0 Å². The van der Waals surface area contributed by atoms with Crippen LogP contribution in [-0.4, -0.2) is 49.8 Å². The highest BCUT2D eigenvalue weighted by molar-refractivity contribution is 5.92. The molecule has 1 saturated heterocycles. The number of carbonyl (C=O) groups excluding carboxylic acids is 1. The van der Waals surface area contributed by atoms with Crippen molar-refractivity contribution in [1.29, 1.82) is 0 Å². The van der Waals surface area contributed by atoms with Crippen LogP contribution in [0.2, 0.25) is 0 Å². The molecule has 1 aliphatic heterocycles. The van der Waals surface area contributed by atoms with Gasteiger partial charge in [-0.05, 0) is 31.4 Å². The second kappa shape index (κ2) is 8.30. The molecule has 1 N–H and O–H groups in total. The number of pyridine rings is 1. The molecule has 1 atom stereocenters. The van der Waals surface area contributed by atoms with E-state index in [1.807, 2.05) is 6.07 Å². The predicted molar refractivity (Wildman–Crippen MR) is 100.0 cm³/mol. The molecule has 0 bridgehead atoms. The summed E-state index contributed by atoms with van der Waals surface area (Å²) in [7, 11) is 0. The van der Waals surface area contributed by atoms with Crippen LogP contribution in [0.25, 0.3) is 17.3 Å². The van der Waals surface area contributed by atoms with E-state index in [0.717, 1.165) is 37.9 Å². The molecule has 0 radical (unpaired) electrons. The van der Waals surface area contributed by atoms with E-state index in [2.05, 4.69) is 32.3 Å². The maximum absolute atomic E-state index is 12.3. The molecule has 1 fully saturated rings. The Hall–Kier alpha value is -3.07. The molecule has 3 aromatic heterocycles. The van der Waals surface area contributed by atoms with Gasteiger partial charge in [0, 0.05) is 37.5 Å². The molecule has 3 aromatic rings. The number of rotatable bonds is 7. The van der Waals surface area contributed by atoms with Gasteiger partial charge in [-0.25, -0.2) is 9.97 Å². The van der Waals surface area contributed by atoms with Gasteiger partial charge >= 0.3 is 0 Å². The van der Waals surface area contributed by atoms with Gasteiger partial charge in [-0.1, -0.05) is 12.1 Å². The minimum Gasteiger partial charge on any atom is -0.376 e. The van der Waals surface area contributed by atoms with Crippen molar-refractivity contribution in [3.05, 3.63) is 42.4 Å². The molecule has 1 aliphatic rings. The van der Waals surface area contributed by atoms with Gasteiger partial charge < -0.3 is 14.6 Å². The Morgan fingerprint density at radius 1 is 1.39 bits per heavy atom. The Labute approximate surface area is 162 Å². The number of hydrogen-bond donors (Lipinski definition) is 1. The second-order valence-electron chi connectivity index (χ2n) is 6.68. The fraction of sp³-hybridized carbons (Fsp3) is 0.421. The summed E-state index contributed by atoms with van der Waals surface area (Å²) in [5.41, 5.74) is 1.09. The molecular formula is C19H22N6O3. The summed E-state index contributed by atoms with van der Waals surface area (Å²) in [6.45, 7) is 3.32. The number of aromatic nitrogens is 5. The van der Waals surface area contributed by atoms with Crippen LogP contribution in [-0.2, 0) is 11.2 Å². The molecule has 4 heterocycles. The summed E-state index contributed by atoms with van der Waals surface area (Å²) in [5.74, 6) is 1.51. The van der Waals surface area contributed by atoms with Gasteiger partial charge in [0.1, 0.15) is 17.8 Å². The van der Waals surface area contributed by atoms with E-state index in [0.29, 0.717) is 29.8 Å². The van der Waals surface area contributed by atoms with Gasteiger partial charge in [-0.2, -0.15) is 4.98 Å². The van der Waals surface area contributed by atoms with Gasteiger partial charge in [0.2, 0.25) is 0 Å². The Kier molecular flexibility index (Phi) is 5.43. The van der Waals surface area contributed by atoms with E-state index in [-0.39, 0.29) is 12.0 Å². The molecule has 4 rings (SSSR count). The molecular weight excluding hydrogens is 360 g/mol. The minimum absolute atomic E-state index is 0.0939. The zero-order chi connectivity index (χ0) is 19.3. The Bertz CT molecular complexity index is 945. The third-order valence-electron chi connectivity index (χ3n) is 4.53. The first kappa shape index (κ1) is 18.3. The lowest BCUT2D eigenvalue weighted by Crippen LogP contribution is -2.31. The van der Waals surface area contributed by atoms with Crippen LogP contribution < -0.4 is 5.32 Å². The number of nitrogens with one attached hydrogen (secondary N) is 1. The summed E-state index contributed by atoms with van der Waals surface area (Å²) in [5, 5.41) is 6.84. The first-order chi connectivity index (χ1) is 13.7. The highest BCUT2D eigenvalue weighted by Crippen LogP contribution is 2.19. The number of aryl methyl sites for hydroxylation is 1.